The average Bonchev–Trinajstić information content (AvgIpc) is 2.83. The minimum Gasteiger partial charge on any atom is -0.386 e. The molecular weight excluding hydrogens is 280 g/mol. The Balaban J connectivity index is 1.91. The predicted molar refractivity (Wildman–Crippen MR) is 85.3 cm³/mol. The van der Waals surface area contributed by atoms with Crippen LogP contribution in [0.15, 0.2) is 55.1 Å². The molecule has 0 radical (unpaired) electrons. The van der Waals surface area contributed by atoms with E-state index in [0.29, 0.717) is 13.2 Å². The molecule has 0 amide bonds. The van der Waals surface area contributed by atoms with Crippen molar-refractivity contribution >= 4 is 0 Å². The summed E-state index contributed by atoms with van der Waals surface area (Å²) in [5.41, 5.74) is 1.84. The van der Waals surface area contributed by atoms with E-state index in [1.807, 2.05) is 44.2 Å². The molecule has 1 aliphatic rings. The van der Waals surface area contributed by atoms with Crippen molar-refractivity contribution in [2.75, 3.05) is 6.61 Å². The van der Waals surface area contributed by atoms with Crippen LogP contribution in [-0.2, 0) is 20.8 Å². The van der Waals surface area contributed by atoms with Crippen molar-refractivity contribution in [2.24, 2.45) is 0 Å². The molecule has 120 valence electrons. The lowest BCUT2D eigenvalue weighted by molar-refractivity contribution is -0.151. The Bertz CT molecular complexity index is 509. The molecule has 3 atom stereocenters. The van der Waals surface area contributed by atoms with Gasteiger partial charge in [0.2, 0.25) is 0 Å². The fraction of sp³-hybridized carbons (Fsp3) is 0.444. The Hall–Kier alpha value is -1.46. The molecule has 0 saturated carbocycles. The molecule has 2 rings (SSSR count). The van der Waals surface area contributed by atoms with Gasteiger partial charge in [0.05, 0.1) is 13.2 Å². The molecule has 22 heavy (non-hydrogen) atoms. The van der Waals surface area contributed by atoms with E-state index in [9.17, 15) is 5.11 Å². The van der Waals surface area contributed by atoms with Crippen LogP contribution >= 0.6 is 0 Å². The molecule has 0 unspecified atom stereocenters. The molecule has 0 aromatic heterocycles. The van der Waals surface area contributed by atoms with E-state index in [0.717, 1.165) is 11.1 Å². The van der Waals surface area contributed by atoms with Gasteiger partial charge in [0.1, 0.15) is 18.3 Å². The summed E-state index contributed by atoms with van der Waals surface area (Å²) in [6.45, 7) is 12.1. The van der Waals surface area contributed by atoms with Crippen molar-refractivity contribution in [3.63, 3.8) is 0 Å². The topological polar surface area (TPSA) is 47.9 Å². The zero-order valence-corrected chi connectivity index (χ0v) is 13.2. The molecule has 1 aromatic carbocycles. The van der Waals surface area contributed by atoms with Crippen LogP contribution in [0.25, 0.3) is 0 Å². The fourth-order valence-corrected chi connectivity index (χ4v) is 2.45. The summed E-state index contributed by atoms with van der Waals surface area (Å²) in [5, 5.41) is 10.0. The van der Waals surface area contributed by atoms with E-state index in [4.69, 9.17) is 14.2 Å². The first kappa shape index (κ1) is 16.9. The Labute approximate surface area is 132 Å². The molecule has 1 aromatic rings. The lowest BCUT2D eigenvalue weighted by Crippen LogP contribution is -2.35. The minimum absolute atomic E-state index is 0.347. The summed E-state index contributed by atoms with van der Waals surface area (Å²) in [4.78, 5) is 0. The van der Waals surface area contributed by atoms with E-state index in [1.165, 1.54) is 6.08 Å². The largest absolute Gasteiger partial charge is 0.386 e. The summed E-state index contributed by atoms with van der Waals surface area (Å²) < 4.78 is 17.3. The van der Waals surface area contributed by atoms with Crippen LogP contribution in [-0.4, -0.2) is 35.8 Å². The van der Waals surface area contributed by atoms with Gasteiger partial charge in [0.25, 0.3) is 0 Å². The number of ether oxygens (including phenoxy) is 3. The number of rotatable bonds is 7. The second-order valence-corrected chi connectivity index (χ2v) is 5.88. The van der Waals surface area contributed by atoms with E-state index in [2.05, 4.69) is 13.2 Å². The van der Waals surface area contributed by atoms with Gasteiger partial charge in [-0.1, -0.05) is 43.0 Å². The van der Waals surface area contributed by atoms with Crippen LogP contribution in [0.1, 0.15) is 19.4 Å². The van der Waals surface area contributed by atoms with Gasteiger partial charge in [0.15, 0.2) is 5.79 Å². The molecule has 0 aliphatic carbocycles. The van der Waals surface area contributed by atoms with Gasteiger partial charge in [0, 0.05) is 0 Å². The van der Waals surface area contributed by atoms with Crippen LogP contribution in [0.2, 0.25) is 0 Å². The Morgan fingerprint density at radius 2 is 2.05 bits per heavy atom. The third kappa shape index (κ3) is 4.27. The molecule has 4 heteroatoms. The van der Waals surface area contributed by atoms with Crippen LogP contribution in [0.3, 0.4) is 0 Å². The van der Waals surface area contributed by atoms with Crippen LogP contribution < -0.4 is 0 Å². The number of aliphatic hydroxyl groups excluding tert-OH is 1. The summed E-state index contributed by atoms with van der Waals surface area (Å²) in [5.74, 6) is -0.762. The van der Waals surface area contributed by atoms with E-state index in [1.54, 1.807) is 0 Å². The molecule has 0 bridgehead atoms. The highest BCUT2D eigenvalue weighted by Gasteiger charge is 2.45. The highest BCUT2D eigenvalue weighted by molar-refractivity contribution is 5.15. The zero-order chi connectivity index (χ0) is 16.2. The lowest BCUT2D eigenvalue weighted by Gasteiger charge is -2.21. The van der Waals surface area contributed by atoms with E-state index in [-0.39, 0.29) is 0 Å². The van der Waals surface area contributed by atoms with E-state index >= 15 is 0 Å². The maximum Gasteiger partial charge on any atom is 0.164 e. The summed E-state index contributed by atoms with van der Waals surface area (Å²) >= 11 is 0. The number of hydrogen-bond donors (Lipinski definition) is 1. The van der Waals surface area contributed by atoms with Crippen molar-refractivity contribution in [1.82, 2.24) is 0 Å². The molecule has 0 spiro atoms. The maximum atomic E-state index is 10.0. The first-order chi connectivity index (χ1) is 10.4. The Morgan fingerprint density at radius 1 is 1.36 bits per heavy atom. The molecule has 1 saturated heterocycles. The fourth-order valence-electron chi connectivity index (χ4n) is 2.45. The normalized spacial score (nSPS) is 24.9. The quantitative estimate of drug-likeness (QED) is 0.787. The third-order valence-corrected chi connectivity index (χ3v) is 3.51. The van der Waals surface area contributed by atoms with Crippen molar-refractivity contribution in [3.8, 4) is 0 Å². The first-order valence-electron chi connectivity index (χ1n) is 7.38. The number of benzene rings is 1. The second kappa shape index (κ2) is 7.20. The molecule has 1 aliphatic heterocycles. The number of aliphatic hydroxyl groups is 1. The first-order valence-corrected chi connectivity index (χ1v) is 7.38. The highest BCUT2D eigenvalue weighted by atomic mass is 16.8. The van der Waals surface area contributed by atoms with Gasteiger partial charge in [-0.15, -0.1) is 6.58 Å². The summed E-state index contributed by atoms with van der Waals surface area (Å²) in [6.07, 6.45) is -0.294. The second-order valence-electron chi connectivity index (χ2n) is 5.88. The van der Waals surface area contributed by atoms with E-state index < -0.39 is 24.1 Å². The summed E-state index contributed by atoms with van der Waals surface area (Å²) in [6, 6.07) is 9.92. The maximum absolute atomic E-state index is 10.0. The van der Waals surface area contributed by atoms with Gasteiger partial charge < -0.3 is 19.3 Å². The number of hydrogen-bond acceptors (Lipinski definition) is 4. The lowest BCUT2D eigenvalue weighted by atomic mass is 10.0. The zero-order valence-electron chi connectivity index (χ0n) is 13.2. The van der Waals surface area contributed by atoms with Crippen molar-refractivity contribution < 1.29 is 19.3 Å². The molecule has 1 fully saturated rings. The smallest absolute Gasteiger partial charge is 0.164 e. The highest BCUT2D eigenvalue weighted by Crippen LogP contribution is 2.33. The molecular formula is C18H24O4. The van der Waals surface area contributed by atoms with Crippen molar-refractivity contribution in [1.29, 1.82) is 0 Å². The summed E-state index contributed by atoms with van der Waals surface area (Å²) in [7, 11) is 0. The van der Waals surface area contributed by atoms with Crippen LogP contribution in [0.5, 0.6) is 0 Å². The van der Waals surface area contributed by atoms with Crippen molar-refractivity contribution in [3.05, 3.63) is 60.7 Å². The van der Waals surface area contributed by atoms with Gasteiger partial charge in [-0.05, 0) is 25.0 Å². The standard InChI is InChI=1S/C18H24O4/c1-5-15(19)17-16(21-18(3,4)22-17)13(2)11-20-12-14-9-7-6-8-10-14/h5-10,15-17,19H,1-2,11-12H2,3-4H3/t15-,16-,17+/m1/s1. The van der Waals surface area contributed by atoms with Gasteiger partial charge in [-0.25, -0.2) is 0 Å². The molecule has 1 N–H and O–H groups in total. The monoisotopic (exact) mass is 304 g/mol. The molecule has 1 heterocycles. The Morgan fingerprint density at radius 3 is 2.68 bits per heavy atom. The van der Waals surface area contributed by atoms with Crippen LogP contribution in [0, 0.1) is 0 Å². The van der Waals surface area contributed by atoms with Gasteiger partial charge in [-0.2, -0.15) is 0 Å². The minimum atomic E-state index is -0.808. The van der Waals surface area contributed by atoms with Gasteiger partial charge >= 0.3 is 0 Å². The van der Waals surface area contributed by atoms with Crippen LogP contribution in [0.4, 0.5) is 0 Å². The third-order valence-electron chi connectivity index (χ3n) is 3.51. The Kier molecular flexibility index (Phi) is 5.53. The van der Waals surface area contributed by atoms with Gasteiger partial charge in [-0.3, -0.25) is 0 Å². The average molecular weight is 304 g/mol. The SMILES string of the molecule is C=C[C@@H](O)[C@@H]1OC(C)(C)O[C@@H]1C(=C)COCc1ccccc1. The predicted octanol–water partition coefficient (Wildman–Crippen LogP) is 2.83. The molecule has 4 nitrogen and oxygen atoms in total. The van der Waals surface area contributed by atoms with Crippen molar-refractivity contribution in [2.45, 2.75) is 44.6 Å².